The average molecular weight is 268 g/mol. The number of phenols is 1. The van der Waals surface area contributed by atoms with Crippen LogP contribution in [0.2, 0.25) is 0 Å². The number of hydrogen-bond acceptors (Lipinski definition) is 3. The van der Waals surface area contributed by atoms with Crippen LogP contribution < -0.4 is 0 Å². The fourth-order valence-electron chi connectivity index (χ4n) is 1.37. The van der Waals surface area contributed by atoms with Gasteiger partial charge in [0, 0.05) is 16.3 Å². The summed E-state index contributed by atoms with van der Waals surface area (Å²) >= 11 is 4.73. The van der Waals surface area contributed by atoms with Gasteiger partial charge in [-0.1, -0.05) is 15.9 Å². The maximum Gasteiger partial charge on any atom is 0.137 e. The molecular weight excluding hydrogens is 262 g/mol. The van der Waals surface area contributed by atoms with E-state index in [1.807, 2.05) is 11.4 Å². The molecule has 0 spiro atoms. The number of hydrogen-bond donors (Lipinski definition) is 1. The van der Waals surface area contributed by atoms with Crippen molar-refractivity contribution in [1.82, 2.24) is 0 Å². The van der Waals surface area contributed by atoms with Gasteiger partial charge in [0.25, 0.3) is 0 Å². The molecule has 0 unspecified atom stereocenters. The Bertz CT molecular complexity index is 527. The first-order valence-corrected chi connectivity index (χ1v) is 5.96. The van der Waals surface area contributed by atoms with E-state index < -0.39 is 0 Å². The van der Waals surface area contributed by atoms with E-state index >= 15 is 0 Å². The van der Waals surface area contributed by atoms with Crippen LogP contribution >= 0.6 is 27.3 Å². The lowest BCUT2D eigenvalue weighted by Crippen LogP contribution is -1.83. The molecule has 1 aromatic carbocycles. The van der Waals surface area contributed by atoms with Crippen molar-refractivity contribution >= 4 is 37.4 Å². The fraction of sp³-hybridized carbons (Fsp3) is 0.100. The van der Waals surface area contributed by atoms with Crippen LogP contribution in [-0.4, -0.2) is 5.11 Å². The summed E-state index contributed by atoms with van der Waals surface area (Å²) in [5.74, 6) is 0.283. The first kappa shape index (κ1) is 9.50. The van der Waals surface area contributed by atoms with Crippen LogP contribution in [0.3, 0.4) is 0 Å². The van der Waals surface area contributed by atoms with E-state index in [0.29, 0.717) is 10.9 Å². The predicted octanol–water partition coefficient (Wildman–Crippen LogP) is 3.37. The van der Waals surface area contributed by atoms with Crippen LogP contribution in [0.4, 0.5) is 0 Å². The van der Waals surface area contributed by atoms with Gasteiger partial charge in [0.15, 0.2) is 0 Å². The van der Waals surface area contributed by atoms with Gasteiger partial charge in [-0.2, -0.15) is 5.26 Å². The van der Waals surface area contributed by atoms with Gasteiger partial charge >= 0.3 is 0 Å². The molecule has 0 atom stereocenters. The molecule has 0 bridgehead atoms. The van der Waals surface area contributed by atoms with Gasteiger partial charge in [0.1, 0.15) is 5.75 Å². The minimum Gasteiger partial charge on any atom is -0.506 e. The van der Waals surface area contributed by atoms with Gasteiger partial charge in [-0.3, -0.25) is 0 Å². The third-order valence-corrected chi connectivity index (χ3v) is 3.58. The van der Waals surface area contributed by atoms with Crippen molar-refractivity contribution < 1.29 is 5.11 Å². The highest BCUT2D eigenvalue weighted by molar-refractivity contribution is 9.08. The van der Waals surface area contributed by atoms with E-state index in [1.165, 1.54) is 11.3 Å². The van der Waals surface area contributed by atoms with Crippen molar-refractivity contribution in [2.45, 2.75) is 5.33 Å². The number of nitrogens with zero attached hydrogens (tertiary/aromatic N) is 1. The summed E-state index contributed by atoms with van der Waals surface area (Å²) in [6.07, 6.45) is 0. The van der Waals surface area contributed by atoms with Crippen LogP contribution in [0.15, 0.2) is 17.5 Å². The second-order valence-corrected chi connectivity index (χ2v) is 4.32. The number of fused-ring (bicyclic) bond motifs is 1. The fourth-order valence-corrected chi connectivity index (χ4v) is 2.68. The molecule has 1 aromatic heterocycles. The van der Waals surface area contributed by atoms with E-state index in [1.54, 1.807) is 6.07 Å². The van der Waals surface area contributed by atoms with Gasteiger partial charge in [0.05, 0.1) is 16.3 Å². The summed E-state index contributed by atoms with van der Waals surface area (Å²) in [5, 5.41) is 22.0. The normalized spacial score (nSPS) is 10.3. The summed E-state index contributed by atoms with van der Waals surface area (Å²) in [6.45, 7) is 0. The van der Waals surface area contributed by atoms with E-state index in [2.05, 4.69) is 22.0 Å². The predicted molar refractivity (Wildman–Crippen MR) is 60.8 cm³/mol. The van der Waals surface area contributed by atoms with Crippen molar-refractivity contribution in [3.05, 3.63) is 28.6 Å². The molecule has 0 saturated carbocycles. The van der Waals surface area contributed by atoms with Gasteiger partial charge in [-0.15, -0.1) is 11.3 Å². The number of alkyl halides is 1. The Morgan fingerprint density at radius 3 is 3.00 bits per heavy atom. The number of phenolic OH excluding ortho intramolecular Hbond substituents is 1. The number of halogens is 1. The molecule has 0 radical (unpaired) electrons. The monoisotopic (exact) mass is 267 g/mol. The number of aromatic hydroxyl groups is 1. The molecule has 0 saturated heterocycles. The van der Waals surface area contributed by atoms with E-state index in [0.717, 1.165) is 15.6 Å². The zero-order chi connectivity index (χ0) is 10.1. The van der Waals surface area contributed by atoms with Crippen molar-refractivity contribution in [3.8, 4) is 11.8 Å². The topological polar surface area (TPSA) is 44.0 Å². The Balaban J connectivity index is 2.89. The zero-order valence-electron chi connectivity index (χ0n) is 7.12. The molecule has 1 heterocycles. The molecule has 0 fully saturated rings. The summed E-state index contributed by atoms with van der Waals surface area (Å²) in [5.41, 5.74) is 1.38. The zero-order valence-corrected chi connectivity index (χ0v) is 9.52. The molecule has 4 heteroatoms. The van der Waals surface area contributed by atoms with Crippen LogP contribution in [-0.2, 0) is 5.33 Å². The molecule has 2 rings (SSSR count). The lowest BCUT2D eigenvalue weighted by molar-refractivity contribution is 0.478. The van der Waals surface area contributed by atoms with Crippen molar-refractivity contribution in [1.29, 1.82) is 5.26 Å². The Morgan fingerprint density at radius 2 is 2.36 bits per heavy atom. The second-order valence-electron chi connectivity index (χ2n) is 2.84. The molecule has 14 heavy (non-hydrogen) atoms. The highest BCUT2D eigenvalue weighted by atomic mass is 79.9. The van der Waals surface area contributed by atoms with Gasteiger partial charge in [-0.25, -0.2) is 0 Å². The SMILES string of the molecule is N#Cc1cc(CBr)c(O)c2sccc12. The maximum atomic E-state index is 9.83. The quantitative estimate of drug-likeness (QED) is 0.806. The third kappa shape index (κ3) is 1.29. The number of thiophene rings is 1. The summed E-state index contributed by atoms with van der Waals surface area (Å²) < 4.78 is 0.790. The Hall–Kier alpha value is -1.05. The average Bonchev–Trinajstić information content (AvgIpc) is 2.68. The molecule has 2 aromatic rings. The van der Waals surface area contributed by atoms with Crippen molar-refractivity contribution in [2.24, 2.45) is 0 Å². The first-order valence-electron chi connectivity index (χ1n) is 3.96. The molecule has 1 N–H and O–H groups in total. The molecule has 0 aliphatic carbocycles. The molecular formula is C10H6BrNOS. The highest BCUT2D eigenvalue weighted by Crippen LogP contribution is 2.36. The third-order valence-electron chi connectivity index (χ3n) is 2.06. The van der Waals surface area contributed by atoms with Crippen LogP contribution in [0.5, 0.6) is 5.75 Å². The summed E-state index contributed by atoms with van der Waals surface area (Å²) in [7, 11) is 0. The van der Waals surface area contributed by atoms with Crippen molar-refractivity contribution in [3.63, 3.8) is 0 Å². The van der Waals surface area contributed by atoms with E-state index in [4.69, 9.17) is 5.26 Å². The lowest BCUT2D eigenvalue weighted by Gasteiger charge is -2.03. The summed E-state index contributed by atoms with van der Waals surface area (Å²) in [6, 6.07) is 5.71. The smallest absolute Gasteiger partial charge is 0.137 e. The minimum atomic E-state index is 0.283. The summed E-state index contributed by atoms with van der Waals surface area (Å²) in [4.78, 5) is 0. The van der Waals surface area contributed by atoms with Crippen LogP contribution in [0.1, 0.15) is 11.1 Å². The highest BCUT2D eigenvalue weighted by Gasteiger charge is 2.11. The van der Waals surface area contributed by atoms with Gasteiger partial charge in [-0.05, 0) is 17.5 Å². The standard InChI is InChI=1S/C10H6BrNOS/c11-4-6-3-7(5-12)8-1-2-14-10(8)9(6)13/h1-3,13H,4H2. The minimum absolute atomic E-state index is 0.283. The molecule has 0 amide bonds. The van der Waals surface area contributed by atoms with E-state index in [-0.39, 0.29) is 5.75 Å². The van der Waals surface area contributed by atoms with Gasteiger partial charge < -0.3 is 5.11 Å². The van der Waals surface area contributed by atoms with Gasteiger partial charge in [0.2, 0.25) is 0 Å². The lowest BCUT2D eigenvalue weighted by atomic mass is 10.1. The number of benzene rings is 1. The van der Waals surface area contributed by atoms with Crippen molar-refractivity contribution in [2.75, 3.05) is 0 Å². The molecule has 0 aliphatic rings. The Morgan fingerprint density at radius 1 is 1.57 bits per heavy atom. The maximum absolute atomic E-state index is 9.83. The van der Waals surface area contributed by atoms with Crippen LogP contribution in [0, 0.1) is 11.3 Å². The van der Waals surface area contributed by atoms with Crippen LogP contribution in [0.25, 0.3) is 10.1 Å². The molecule has 0 aliphatic heterocycles. The first-order chi connectivity index (χ1) is 6.77. The number of nitriles is 1. The Kier molecular flexibility index (Phi) is 2.44. The molecule has 70 valence electrons. The Labute approximate surface area is 93.5 Å². The van der Waals surface area contributed by atoms with E-state index in [9.17, 15) is 5.11 Å². The number of rotatable bonds is 1. The molecule has 2 nitrogen and oxygen atoms in total. The largest absolute Gasteiger partial charge is 0.506 e. The second kappa shape index (κ2) is 3.60.